The van der Waals surface area contributed by atoms with Gasteiger partial charge in [0.1, 0.15) is 0 Å². The fraction of sp³-hybridized carbons (Fsp3) is 0.312. The summed E-state index contributed by atoms with van der Waals surface area (Å²) in [6.07, 6.45) is 2.05. The molecule has 1 aliphatic carbocycles. The number of hydrogen-bond donors (Lipinski definition) is 3. The molecule has 0 saturated heterocycles. The number of benzene rings is 1. The Kier molecular flexibility index (Phi) is 4.34. The van der Waals surface area contributed by atoms with Gasteiger partial charge in [0.2, 0.25) is 5.91 Å². The maximum Gasteiger partial charge on any atom is 0.256 e. The lowest BCUT2D eigenvalue weighted by Gasteiger charge is -2.18. The Bertz CT molecular complexity index is 725. The molecule has 120 valence electrons. The lowest BCUT2D eigenvalue weighted by molar-refractivity contribution is -0.118. The van der Waals surface area contributed by atoms with E-state index in [1.54, 1.807) is 0 Å². The number of primary amides is 1. The predicted octanol–water partition coefficient (Wildman–Crippen LogP) is 2.29. The number of nitrogens with zero attached hydrogens (tertiary/aromatic N) is 1. The number of halogens is 1. The lowest BCUT2D eigenvalue weighted by atomic mass is 10.0. The number of rotatable bonds is 6. The minimum Gasteiger partial charge on any atom is -0.370 e. The van der Waals surface area contributed by atoms with Crippen molar-refractivity contribution in [3.8, 4) is 0 Å². The SMILES string of the molecule is NC(=O)C[C@H](NC(=O)c1c(Cl)n[nH]c1C1CC1)c1ccccc1. The number of carbonyl (C=O) groups excluding carboxylic acids is 2. The second kappa shape index (κ2) is 6.42. The molecule has 1 heterocycles. The van der Waals surface area contributed by atoms with Gasteiger partial charge in [-0.1, -0.05) is 41.9 Å². The van der Waals surface area contributed by atoms with E-state index < -0.39 is 11.9 Å². The van der Waals surface area contributed by atoms with Gasteiger partial charge in [-0.15, -0.1) is 0 Å². The molecule has 23 heavy (non-hydrogen) atoms. The normalized spacial score (nSPS) is 15.2. The van der Waals surface area contributed by atoms with Gasteiger partial charge in [0.25, 0.3) is 5.91 Å². The second-order valence-electron chi connectivity index (χ2n) is 5.68. The van der Waals surface area contributed by atoms with E-state index in [1.807, 2.05) is 30.3 Å². The molecular formula is C16H17ClN4O2. The number of nitrogens with one attached hydrogen (secondary N) is 2. The fourth-order valence-corrected chi connectivity index (χ4v) is 2.81. The zero-order valence-corrected chi connectivity index (χ0v) is 13.1. The molecule has 3 rings (SSSR count). The van der Waals surface area contributed by atoms with Crippen LogP contribution in [0.3, 0.4) is 0 Å². The first kappa shape index (κ1) is 15.6. The monoisotopic (exact) mass is 332 g/mol. The highest BCUT2D eigenvalue weighted by Gasteiger charge is 2.33. The lowest BCUT2D eigenvalue weighted by Crippen LogP contribution is -2.32. The van der Waals surface area contributed by atoms with Crippen molar-refractivity contribution in [1.82, 2.24) is 15.5 Å². The quantitative estimate of drug-likeness (QED) is 0.756. The van der Waals surface area contributed by atoms with Crippen LogP contribution in [0.1, 0.15) is 52.8 Å². The van der Waals surface area contributed by atoms with Crippen molar-refractivity contribution in [3.63, 3.8) is 0 Å². The number of nitrogens with two attached hydrogens (primary N) is 1. The van der Waals surface area contributed by atoms with Crippen LogP contribution < -0.4 is 11.1 Å². The van der Waals surface area contributed by atoms with Crippen LogP contribution >= 0.6 is 11.6 Å². The van der Waals surface area contributed by atoms with Crippen LogP contribution in [-0.2, 0) is 4.79 Å². The minimum atomic E-state index is -0.501. The summed E-state index contributed by atoms with van der Waals surface area (Å²) in [4.78, 5) is 24.0. The summed E-state index contributed by atoms with van der Waals surface area (Å²) in [5, 5.41) is 9.76. The minimum absolute atomic E-state index is 0.0178. The number of aromatic amines is 1. The predicted molar refractivity (Wildman–Crippen MR) is 86.0 cm³/mol. The molecule has 2 amide bonds. The molecule has 0 bridgehead atoms. The Morgan fingerprint density at radius 3 is 2.65 bits per heavy atom. The van der Waals surface area contributed by atoms with Gasteiger partial charge in [-0.25, -0.2) is 0 Å². The van der Waals surface area contributed by atoms with Crippen molar-refractivity contribution in [3.05, 3.63) is 52.3 Å². The van der Waals surface area contributed by atoms with Crippen molar-refractivity contribution >= 4 is 23.4 Å². The molecular weight excluding hydrogens is 316 g/mol. The molecule has 0 unspecified atom stereocenters. The van der Waals surface area contributed by atoms with Crippen LogP contribution in [0.15, 0.2) is 30.3 Å². The highest BCUT2D eigenvalue weighted by molar-refractivity contribution is 6.32. The molecule has 2 aromatic rings. The van der Waals surface area contributed by atoms with Crippen molar-refractivity contribution in [1.29, 1.82) is 0 Å². The van der Waals surface area contributed by atoms with Crippen LogP contribution in [0.5, 0.6) is 0 Å². The van der Waals surface area contributed by atoms with E-state index in [9.17, 15) is 9.59 Å². The van der Waals surface area contributed by atoms with E-state index in [2.05, 4.69) is 15.5 Å². The molecule has 1 atom stereocenters. The van der Waals surface area contributed by atoms with Crippen molar-refractivity contribution < 1.29 is 9.59 Å². The van der Waals surface area contributed by atoms with Gasteiger partial charge in [-0.3, -0.25) is 14.7 Å². The van der Waals surface area contributed by atoms with E-state index in [-0.39, 0.29) is 17.5 Å². The van der Waals surface area contributed by atoms with Crippen LogP contribution in [0, 0.1) is 0 Å². The molecule has 0 aliphatic heterocycles. The zero-order chi connectivity index (χ0) is 16.4. The smallest absolute Gasteiger partial charge is 0.256 e. The Hall–Kier alpha value is -2.34. The average molecular weight is 333 g/mol. The second-order valence-corrected chi connectivity index (χ2v) is 6.04. The number of amides is 2. The number of hydrogen-bond acceptors (Lipinski definition) is 3. The van der Waals surface area contributed by atoms with Gasteiger partial charge in [-0.05, 0) is 18.4 Å². The summed E-state index contributed by atoms with van der Waals surface area (Å²) in [5.41, 5.74) is 7.24. The summed E-state index contributed by atoms with van der Waals surface area (Å²) >= 11 is 6.05. The summed E-state index contributed by atoms with van der Waals surface area (Å²) in [6.45, 7) is 0. The van der Waals surface area contributed by atoms with Crippen molar-refractivity contribution in [2.45, 2.75) is 31.2 Å². The molecule has 7 heteroatoms. The third-order valence-corrected chi connectivity index (χ3v) is 4.15. The number of aromatic nitrogens is 2. The summed E-state index contributed by atoms with van der Waals surface area (Å²) in [7, 11) is 0. The van der Waals surface area contributed by atoms with Crippen molar-refractivity contribution in [2.24, 2.45) is 5.73 Å². The first-order valence-electron chi connectivity index (χ1n) is 7.44. The largest absolute Gasteiger partial charge is 0.370 e. The molecule has 1 fully saturated rings. The highest BCUT2D eigenvalue weighted by atomic mass is 35.5. The first-order chi connectivity index (χ1) is 11.1. The Morgan fingerprint density at radius 1 is 1.35 bits per heavy atom. The number of carbonyl (C=O) groups is 2. The number of H-pyrrole nitrogens is 1. The van der Waals surface area contributed by atoms with E-state index in [4.69, 9.17) is 17.3 Å². The molecule has 0 spiro atoms. The molecule has 1 aromatic carbocycles. The molecule has 1 saturated carbocycles. The van der Waals surface area contributed by atoms with Gasteiger partial charge in [0.15, 0.2) is 5.15 Å². The van der Waals surface area contributed by atoms with Crippen molar-refractivity contribution in [2.75, 3.05) is 0 Å². The maximum atomic E-state index is 12.6. The van der Waals surface area contributed by atoms with E-state index in [1.165, 1.54) is 0 Å². The van der Waals surface area contributed by atoms with Crippen LogP contribution in [0.4, 0.5) is 0 Å². The third kappa shape index (κ3) is 3.53. The molecule has 6 nitrogen and oxygen atoms in total. The van der Waals surface area contributed by atoms with Crippen LogP contribution in [-0.4, -0.2) is 22.0 Å². The molecule has 0 radical (unpaired) electrons. The zero-order valence-electron chi connectivity index (χ0n) is 12.4. The average Bonchev–Trinajstić information content (AvgIpc) is 3.29. The topological polar surface area (TPSA) is 101 Å². The van der Waals surface area contributed by atoms with Gasteiger partial charge in [0.05, 0.1) is 23.7 Å². The Morgan fingerprint density at radius 2 is 2.04 bits per heavy atom. The van der Waals surface area contributed by atoms with Gasteiger partial charge < -0.3 is 11.1 Å². The Balaban J connectivity index is 1.84. The standard InChI is InChI=1S/C16H17ClN4O2/c17-15-13(14(20-21-15)10-6-7-10)16(23)19-11(8-12(18)22)9-4-2-1-3-5-9/h1-5,10-11H,6-8H2,(H2,18,22)(H,19,23)(H,20,21)/t11-/m0/s1. The summed E-state index contributed by atoms with van der Waals surface area (Å²) in [6, 6.07) is 8.73. The maximum absolute atomic E-state index is 12.6. The van der Waals surface area contributed by atoms with E-state index in [0.29, 0.717) is 11.5 Å². The first-order valence-corrected chi connectivity index (χ1v) is 7.82. The van der Waals surface area contributed by atoms with Gasteiger partial charge in [0, 0.05) is 5.92 Å². The van der Waals surface area contributed by atoms with Gasteiger partial charge >= 0.3 is 0 Å². The molecule has 4 N–H and O–H groups in total. The van der Waals surface area contributed by atoms with Crippen LogP contribution in [0.2, 0.25) is 5.15 Å². The molecule has 1 aromatic heterocycles. The van der Waals surface area contributed by atoms with Crippen LogP contribution in [0.25, 0.3) is 0 Å². The fourth-order valence-electron chi connectivity index (χ4n) is 2.58. The molecule has 1 aliphatic rings. The third-order valence-electron chi connectivity index (χ3n) is 3.88. The van der Waals surface area contributed by atoms with E-state index in [0.717, 1.165) is 24.1 Å². The Labute approximate surface area is 138 Å². The summed E-state index contributed by atoms with van der Waals surface area (Å²) in [5.74, 6) is -0.525. The van der Waals surface area contributed by atoms with E-state index >= 15 is 0 Å². The highest BCUT2D eigenvalue weighted by Crippen LogP contribution is 2.42. The summed E-state index contributed by atoms with van der Waals surface area (Å²) < 4.78 is 0. The van der Waals surface area contributed by atoms with Gasteiger partial charge in [-0.2, -0.15) is 5.10 Å².